The van der Waals surface area contributed by atoms with Crippen LogP contribution in [0.2, 0.25) is 5.02 Å². The lowest BCUT2D eigenvalue weighted by Crippen LogP contribution is -2.24. The van der Waals surface area contributed by atoms with Crippen LogP contribution in [0, 0.1) is 13.8 Å². The maximum Gasteiger partial charge on any atom is 0.240 e. The number of hydrogen-bond donors (Lipinski definition) is 1. The summed E-state index contributed by atoms with van der Waals surface area (Å²) in [4.78, 5) is 0.278. The molecule has 0 aromatic heterocycles. The molecule has 1 aromatic carbocycles. The number of aryl methyl sites for hydroxylation is 2. The van der Waals surface area contributed by atoms with E-state index >= 15 is 0 Å². The Morgan fingerprint density at radius 1 is 1.25 bits per heavy atom. The van der Waals surface area contributed by atoms with Crippen LogP contribution in [0.4, 0.5) is 0 Å². The first-order valence-electron chi connectivity index (χ1n) is 5.15. The Kier molecular flexibility index (Phi) is 4.35. The van der Waals surface area contributed by atoms with Gasteiger partial charge in [0.2, 0.25) is 10.0 Å². The van der Waals surface area contributed by atoms with E-state index in [0.29, 0.717) is 11.6 Å². The van der Waals surface area contributed by atoms with Crippen LogP contribution in [0.3, 0.4) is 0 Å². The summed E-state index contributed by atoms with van der Waals surface area (Å²) in [5.74, 6) is 0. The molecule has 0 fully saturated rings. The molecule has 1 aromatic rings. The third kappa shape index (κ3) is 2.97. The predicted molar refractivity (Wildman–Crippen MR) is 66.4 cm³/mol. The maximum atomic E-state index is 11.9. The largest absolute Gasteiger partial charge is 0.240 e. The van der Waals surface area contributed by atoms with E-state index in [1.807, 2.05) is 6.92 Å². The van der Waals surface area contributed by atoms with Gasteiger partial charge >= 0.3 is 0 Å². The van der Waals surface area contributed by atoms with Crippen LogP contribution in [0.5, 0.6) is 0 Å². The first kappa shape index (κ1) is 13.5. The summed E-state index contributed by atoms with van der Waals surface area (Å²) in [7, 11) is -3.39. The second-order valence-electron chi connectivity index (χ2n) is 3.77. The molecule has 0 saturated carbocycles. The molecule has 0 amide bonds. The van der Waals surface area contributed by atoms with E-state index in [0.717, 1.165) is 17.5 Å². The quantitative estimate of drug-likeness (QED) is 0.906. The van der Waals surface area contributed by atoms with Crippen molar-refractivity contribution < 1.29 is 8.42 Å². The lowest BCUT2D eigenvalue weighted by molar-refractivity contribution is 0.580. The minimum absolute atomic E-state index is 0.278. The normalized spacial score (nSPS) is 11.8. The number of halogens is 1. The summed E-state index contributed by atoms with van der Waals surface area (Å²) in [6.07, 6.45) is 0.769. The molecule has 0 aliphatic heterocycles. The second kappa shape index (κ2) is 5.17. The van der Waals surface area contributed by atoms with E-state index in [9.17, 15) is 8.42 Å². The van der Waals surface area contributed by atoms with Crippen molar-refractivity contribution in [1.29, 1.82) is 0 Å². The lowest BCUT2D eigenvalue weighted by Gasteiger charge is -2.09. The second-order valence-corrected chi connectivity index (χ2v) is 5.91. The van der Waals surface area contributed by atoms with E-state index in [2.05, 4.69) is 4.72 Å². The van der Waals surface area contributed by atoms with Gasteiger partial charge in [-0.2, -0.15) is 0 Å². The Morgan fingerprint density at radius 2 is 1.75 bits per heavy atom. The summed E-state index contributed by atoms with van der Waals surface area (Å²) in [5, 5.41) is 0.620. The standard InChI is InChI=1S/C11H16ClNO2S/c1-4-5-13-16(14,15)10-6-8(2)11(12)9(3)7-10/h6-7,13H,4-5H2,1-3H3. The zero-order chi connectivity index (χ0) is 12.3. The Hall–Kier alpha value is -0.580. The smallest absolute Gasteiger partial charge is 0.211 e. The van der Waals surface area contributed by atoms with Crippen molar-refractivity contribution >= 4 is 21.6 Å². The van der Waals surface area contributed by atoms with E-state index in [1.54, 1.807) is 26.0 Å². The first-order chi connectivity index (χ1) is 7.38. The van der Waals surface area contributed by atoms with Gasteiger partial charge in [0.25, 0.3) is 0 Å². The van der Waals surface area contributed by atoms with Crippen molar-refractivity contribution in [3.05, 3.63) is 28.3 Å². The van der Waals surface area contributed by atoms with Crippen molar-refractivity contribution in [2.75, 3.05) is 6.54 Å². The third-order valence-corrected chi connectivity index (χ3v) is 4.30. The van der Waals surface area contributed by atoms with Gasteiger partial charge in [0.15, 0.2) is 0 Å². The fourth-order valence-corrected chi connectivity index (χ4v) is 2.79. The summed E-state index contributed by atoms with van der Waals surface area (Å²) in [6, 6.07) is 3.18. The monoisotopic (exact) mass is 261 g/mol. The molecule has 90 valence electrons. The molecular weight excluding hydrogens is 246 g/mol. The zero-order valence-electron chi connectivity index (χ0n) is 9.67. The topological polar surface area (TPSA) is 46.2 Å². The highest BCUT2D eigenvalue weighted by atomic mass is 35.5. The average Bonchev–Trinajstić information content (AvgIpc) is 2.22. The predicted octanol–water partition coefficient (Wildman–Crippen LogP) is 2.65. The SMILES string of the molecule is CCCNS(=O)(=O)c1cc(C)c(Cl)c(C)c1. The average molecular weight is 262 g/mol. The van der Waals surface area contributed by atoms with Crippen LogP contribution in [-0.4, -0.2) is 15.0 Å². The van der Waals surface area contributed by atoms with Crippen LogP contribution in [0.15, 0.2) is 17.0 Å². The van der Waals surface area contributed by atoms with Gasteiger partial charge in [-0.05, 0) is 43.5 Å². The Labute approximate surface area is 102 Å². The molecule has 0 spiro atoms. The number of hydrogen-bond acceptors (Lipinski definition) is 2. The fourth-order valence-electron chi connectivity index (χ4n) is 1.38. The minimum Gasteiger partial charge on any atom is -0.211 e. The highest BCUT2D eigenvalue weighted by Gasteiger charge is 2.15. The molecule has 0 aliphatic carbocycles. The Morgan fingerprint density at radius 3 is 2.19 bits per heavy atom. The van der Waals surface area contributed by atoms with Crippen LogP contribution in [0.1, 0.15) is 24.5 Å². The highest BCUT2D eigenvalue weighted by Crippen LogP contribution is 2.24. The van der Waals surface area contributed by atoms with Gasteiger partial charge in [-0.15, -0.1) is 0 Å². The number of sulfonamides is 1. The molecule has 0 bridgehead atoms. The van der Waals surface area contributed by atoms with E-state index in [1.165, 1.54) is 0 Å². The summed E-state index contributed by atoms with van der Waals surface area (Å²) in [6.45, 7) is 5.96. The van der Waals surface area contributed by atoms with Gasteiger partial charge < -0.3 is 0 Å². The molecule has 1 N–H and O–H groups in total. The Balaban J connectivity index is 3.14. The van der Waals surface area contributed by atoms with E-state index in [4.69, 9.17) is 11.6 Å². The molecular formula is C11H16ClNO2S. The minimum atomic E-state index is -3.39. The van der Waals surface area contributed by atoms with E-state index < -0.39 is 10.0 Å². The van der Waals surface area contributed by atoms with Gasteiger partial charge in [-0.1, -0.05) is 18.5 Å². The summed E-state index contributed by atoms with van der Waals surface area (Å²) in [5.41, 5.74) is 1.55. The maximum absolute atomic E-state index is 11.9. The molecule has 16 heavy (non-hydrogen) atoms. The van der Waals surface area contributed by atoms with Crippen LogP contribution < -0.4 is 4.72 Å². The van der Waals surface area contributed by atoms with Gasteiger partial charge in [0, 0.05) is 11.6 Å². The lowest BCUT2D eigenvalue weighted by atomic mass is 10.2. The molecule has 0 saturated heterocycles. The molecule has 5 heteroatoms. The fraction of sp³-hybridized carbons (Fsp3) is 0.455. The Bertz CT molecular complexity index is 460. The zero-order valence-corrected chi connectivity index (χ0v) is 11.2. The van der Waals surface area contributed by atoms with Gasteiger partial charge in [-0.3, -0.25) is 0 Å². The highest BCUT2D eigenvalue weighted by molar-refractivity contribution is 7.89. The molecule has 0 atom stereocenters. The molecule has 1 rings (SSSR count). The number of benzene rings is 1. The molecule has 0 unspecified atom stereocenters. The summed E-state index contributed by atoms with van der Waals surface area (Å²) >= 11 is 5.99. The summed E-state index contributed by atoms with van der Waals surface area (Å²) < 4.78 is 26.2. The molecule has 3 nitrogen and oxygen atoms in total. The third-order valence-electron chi connectivity index (χ3n) is 2.26. The van der Waals surface area contributed by atoms with Crippen molar-refractivity contribution in [3.8, 4) is 0 Å². The van der Waals surface area contributed by atoms with Crippen molar-refractivity contribution in [2.45, 2.75) is 32.1 Å². The molecule has 0 heterocycles. The molecule has 0 aliphatic rings. The van der Waals surface area contributed by atoms with Gasteiger partial charge in [0.1, 0.15) is 0 Å². The van der Waals surface area contributed by atoms with Crippen molar-refractivity contribution in [3.63, 3.8) is 0 Å². The van der Waals surface area contributed by atoms with Crippen LogP contribution in [0.25, 0.3) is 0 Å². The first-order valence-corrected chi connectivity index (χ1v) is 7.01. The molecule has 0 radical (unpaired) electrons. The van der Waals surface area contributed by atoms with Crippen molar-refractivity contribution in [2.24, 2.45) is 0 Å². The van der Waals surface area contributed by atoms with Crippen molar-refractivity contribution in [1.82, 2.24) is 4.72 Å². The van der Waals surface area contributed by atoms with Gasteiger partial charge in [0.05, 0.1) is 4.90 Å². The van der Waals surface area contributed by atoms with Gasteiger partial charge in [-0.25, -0.2) is 13.1 Å². The number of nitrogens with one attached hydrogen (secondary N) is 1. The van der Waals surface area contributed by atoms with Crippen LogP contribution >= 0.6 is 11.6 Å². The van der Waals surface area contributed by atoms with E-state index in [-0.39, 0.29) is 4.90 Å². The number of rotatable bonds is 4. The van der Waals surface area contributed by atoms with Crippen LogP contribution in [-0.2, 0) is 10.0 Å².